The monoisotopic (exact) mass is 265 g/mol. The Labute approximate surface area is 117 Å². The van der Waals surface area contributed by atoms with Crippen molar-refractivity contribution in [1.29, 1.82) is 0 Å². The summed E-state index contributed by atoms with van der Waals surface area (Å²) in [5.74, 6) is 1.61. The van der Waals surface area contributed by atoms with Crippen molar-refractivity contribution in [3.8, 4) is 11.4 Å². The van der Waals surface area contributed by atoms with E-state index in [2.05, 4.69) is 10.4 Å². The summed E-state index contributed by atoms with van der Waals surface area (Å²) in [4.78, 5) is 0. The van der Waals surface area contributed by atoms with Gasteiger partial charge in [0, 0.05) is 24.0 Å². The molecule has 0 saturated heterocycles. The summed E-state index contributed by atoms with van der Waals surface area (Å²) in [5.41, 5.74) is 1.98. The third-order valence-corrected chi connectivity index (χ3v) is 2.95. The van der Waals surface area contributed by atoms with Crippen LogP contribution in [0.25, 0.3) is 5.69 Å². The number of rotatable bonds is 4. The quantitative estimate of drug-likeness (QED) is 0.783. The third kappa shape index (κ3) is 2.64. The largest absolute Gasteiger partial charge is 0.497 e. The SMILES string of the molecule is COc1cccc(Nc2ccn(-c3ccccc3)n2)c1. The van der Waals surface area contributed by atoms with Crippen LogP contribution in [-0.2, 0) is 0 Å². The highest BCUT2D eigenvalue weighted by atomic mass is 16.5. The van der Waals surface area contributed by atoms with Crippen LogP contribution in [0, 0.1) is 0 Å². The first kappa shape index (κ1) is 12.3. The number of nitrogens with one attached hydrogen (secondary N) is 1. The summed E-state index contributed by atoms with van der Waals surface area (Å²) in [5, 5.41) is 7.75. The van der Waals surface area contributed by atoms with Gasteiger partial charge in [0.1, 0.15) is 5.75 Å². The van der Waals surface area contributed by atoms with Crippen molar-refractivity contribution < 1.29 is 4.74 Å². The highest BCUT2D eigenvalue weighted by Gasteiger charge is 2.02. The topological polar surface area (TPSA) is 39.1 Å². The highest BCUT2D eigenvalue weighted by molar-refractivity contribution is 5.58. The lowest BCUT2D eigenvalue weighted by Crippen LogP contribution is -1.96. The van der Waals surface area contributed by atoms with Crippen molar-refractivity contribution in [1.82, 2.24) is 9.78 Å². The van der Waals surface area contributed by atoms with Gasteiger partial charge in [0.15, 0.2) is 5.82 Å². The first-order chi connectivity index (χ1) is 9.85. The molecular formula is C16H15N3O. The maximum Gasteiger partial charge on any atom is 0.152 e. The number of aromatic nitrogens is 2. The Hall–Kier alpha value is -2.75. The van der Waals surface area contributed by atoms with Crippen LogP contribution in [-0.4, -0.2) is 16.9 Å². The molecule has 3 rings (SSSR count). The van der Waals surface area contributed by atoms with Crippen molar-refractivity contribution in [2.75, 3.05) is 12.4 Å². The maximum absolute atomic E-state index is 5.20. The molecule has 0 spiro atoms. The van der Waals surface area contributed by atoms with Crippen LogP contribution in [0.15, 0.2) is 66.9 Å². The summed E-state index contributed by atoms with van der Waals surface area (Å²) >= 11 is 0. The number of nitrogens with zero attached hydrogens (tertiary/aromatic N) is 2. The molecule has 1 heterocycles. The Bertz CT molecular complexity index is 692. The first-order valence-electron chi connectivity index (χ1n) is 6.37. The molecule has 0 bridgehead atoms. The molecule has 1 aromatic heterocycles. The van der Waals surface area contributed by atoms with Gasteiger partial charge in [0.2, 0.25) is 0 Å². The average molecular weight is 265 g/mol. The lowest BCUT2D eigenvalue weighted by Gasteiger charge is -2.05. The second-order valence-corrected chi connectivity index (χ2v) is 4.34. The fourth-order valence-electron chi connectivity index (χ4n) is 1.96. The molecule has 0 fully saturated rings. The van der Waals surface area contributed by atoms with Crippen LogP contribution >= 0.6 is 0 Å². The lowest BCUT2D eigenvalue weighted by molar-refractivity contribution is 0.415. The first-order valence-corrected chi connectivity index (χ1v) is 6.37. The minimum absolute atomic E-state index is 0.794. The van der Waals surface area contributed by atoms with E-state index in [9.17, 15) is 0 Å². The Morgan fingerprint density at radius 1 is 1.00 bits per heavy atom. The number of anilines is 2. The fraction of sp³-hybridized carbons (Fsp3) is 0.0625. The van der Waals surface area contributed by atoms with Crippen molar-refractivity contribution in [3.63, 3.8) is 0 Å². The molecule has 0 atom stereocenters. The number of hydrogen-bond acceptors (Lipinski definition) is 3. The Morgan fingerprint density at radius 3 is 2.65 bits per heavy atom. The Morgan fingerprint density at radius 2 is 1.85 bits per heavy atom. The minimum atomic E-state index is 0.794. The van der Waals surface area contributed by atoms with E-state index in [-0.39, 0.29) is 0 Å². The van der Waals surface area contributed by atoms with E-state index in [1.807, 2.05) is 71.5 Å². The van der Waals surface area contributed by atoms with Gasteiger partial charge < -0.3 is 10.1 Å². The van der Waals surface area contributed by atoms with Crippen molar-refractivity contribution in [2.24, 2.45) is 0 Å². The molecule has 0 unspecified atom stereocenters. The van der Waals surface area contributed by atoms with Crippen LogP contribution in [0.5, 0.6) is 5.75 Å². The molecule has 3 aromatic rings. The van der Waals surface area contributed by atoms with E-state index in [1.165, 1.54) is 0 Å². The summed E-state index contributed by atoms with van der Waals surface area (Å²) in [6.07, 6.45) is 1.93. The molecule has 1 N–H and O–H groups in total. The summed E-state index contributed by atoms with van der Waals surface area (Å²) < 4.78 is 7.04. The van der Waals surface area contributed by atoms with Crippen LogP contribution in [0.4, 0.5) is 11.5 Å². The second kappa shape index (κ2) is 5.48. The molecule has 20 heavy (non-hydrogen) atoms. The zero-order chi connectivity index (χ0) is 13.8. The molecule has 0 aliphatic carbocycles. The van der Waals surface area contributed by atoms with Crippen molar-refractivity contribution in [2.45, 2.75) is 0 Å². The van der Waals surface area contributed by atoms with Gasteiger partial charge >= 0.3 is 0 Å². The molecule has 0 radical (unpaired) electrons. The molecule has 0 saturated carbocycles. The molecule has 0 aliphatic heterocycles. The number of para-hydroxylation sites is 1. The highest BCUT2D eigenvalue weighted by Crippen LogP contribution is 2.20. The van der Waals surface area contributed by atoms with E-state index >= 15 is 0 Å². The van der Waals surface area contributed by atoms with Crippen LogP contribution in [0.3, 0.4) is 0 Å². The van der Waals surface area contributed by atoms with Crippen molar-refractivity contribution in [3.05, 3.63) is 66.9 Å². The van der Waals surface area contributed by atoms with Gasteiger partial charge in [-0.15, -0.1) is 0 Å². The smallest absolute Gasteiger partial charge is 0.152 e. The van der Waals surface area contributed by atoms with Crippen LogP contribution in [0.1, 0.15) is 0 Å². The normalized spacial score (nSPS) is 10.2. The van der Waals surface area contributed by atoms with Gasteiger partial charge in [-0.3, -0.25) is 0 Å². The molecule has 0 aliphatic rings. The van der Waals surface area contributed by atoms with Crippen LogP contribution in [0.2, 0.25) is 0 Å². The van der Waals surface area contributed by atoms with E-state index in [0.29, 0.717) is 0 Å². The number of benzene rings is 2. The van der Waals surface area contributed by atoms with Crippen molar-refractivity contribution >= 4 is 11.5 Å². The van der Waals surface area contributed by atoms with Gasteiger partial charge in [0.05, 0.1) is 12.8 Å². The Kier molecular flexibility index (Phi) is 3.37. The lowest BCUT2D eigenvalue weighted by atomic mass is 10.3. The van der Waals surface area contributed by atoms with Gasteiger partial charge in [-0.2, -0.15) is 5.10 Å². The van der Waals surface area contributed by atoms with Gasteiger partial charge in [0.25, 0.3) is 0 Å². The van der Waals surface area contributed by atoms with Crippen LogP contribution < -0.4 is 10.1 Å². The standard InChI is InChI=1S/C16H15N3O/c1-20-15-9-5-6-13(12-15)17-16-10-11-19(18-16)14-7-3-2-4-8-14/h2-12H,1H3,(H,17,18). The number of ether oxygens (including phenoxy) is 1. The van der Waals surface area contributed by atoms with Gasteiger partial charge in [-0.1, -0.05) is 24.3 Å². The molecule has 4 nitrogen and oxygen atoms in total. The zero-order valence-corrected chi connectivity index (χ0v) is 11.2. The van der Waals surface area contributed by atoms with E-state index < -0.39 is 0 Å². The maximum atomic E-state index is 5.20. The average Bonchev–Trinajstić information content (AvgIpc) is 2.97. The van der Waals surface area contributed by atoms with E-state index in [1.54, 1.807) is 7.11 Å². The second-order valence-electron chi connectivity index (χ2n) is 4.34. The molecule has 2 aromatic carbocycles. The summed E-state index contributed by atoms with van der Waals surface area (Å²) in [6.45, 7) is 0. The Balaban J connectivity index is 1.80. The van der Waals surface area contributed by atoms with Gasteiger partial charge in [-0.05, 0) is 24.3 Å². The zero-order valence-electron chi connectivity index (χ0n) is 11.2. The summed E-state index contributed by atoms with van der Waals surface area (Å²) in [7, 11) is 1.66. The summed E-state index contributed by atoms with van der Waals surface area (Å²) in [6, 6.07) is 19.7. The van der Waals surface area contributed by atoms with E-state index in [4.69, 9.17) is 4.74 Å². The molecule has 4 heteroatoms. The third-order valence-electron chi connectivity index (χ3n) is 2.95. The number of hydrogen-bond donors (Lipinski definition) is 1. The minimum Gasteiger partial charge on any atom is -0.497 e. The number of methoxy groups -OCH3 is 1. The van der Waals surface area contributed by atoms with Gasteiger partial charge in [-0.25, -0.2) is 4.68 Å². The fourth-order valence-corrected chi connectivity index (χ4v) is 1.96. The molecule has 0 amide bonds. The molecule has 100 valence electrons. The predicted octanol–water partition coefficient (Wildman–Crippen LogP) is 3.62. The molecular weight excluding hydrogens is 250 g/mol. The predicted molar refractivity (Wildman–Crippen MR) is 79.8 cm³/mol. The van der Waals surface area contributed by atoms with E-state index in [0.717, 1.165) is 22.9 Å².